The number of para-hydroxylation sites is 2. The lowest BCUT2D eigenvalue weighted by Crippen LogP contribution is -2.26. The Labute approximate surface area is 188 Å². The number of benzene rings is 2. The van der Waals surface area contributed by atoms with Gasteiger partial charge < -0.3 is 20.1 Å². The fraction of sp³-hybridized carbons (Fsp3) is 0.208. The molecule has 0 saturated heterocycles. The molecule has 0 saturated carbocycles. The fourth-order valence-corrected chi connectivity index (χ4v) is 5.70. The highest BCUT2D eigenvalue weighted by molar-refractivity contribution is 7.10. The van der Waals surface area contributed by atoms with Gasteiger partial charge in [-0.25, -0.2) is 0 Å². The van der Waals surface area contributed by atoms with E-state index in [9.17, 15) is 4.79 Å². The summed E-state index contributed by atoms with van der Waals surface area (Å²) in [7, 11) is 0. The normalized spacial score (nSPS) is 21.6. The lowest BCUT2D eigenvalue weighted by molar-refractivity contribution is -0.116. The molecule has 3 aromatic rings. The molecule has 31 heavy (non-hydrogen) atoms. The first-order chi connectivity index (χ1) is 15.2. The zero-order valence-electron chi connectivity index (χ0n) is 16.5. The van der Waals surface area contributed by atoms with Crippen molar-refractivity contribution in [2.24, 2.45) is 0 Å². The van der Waals surface area contributed by atoms with Gasteiger partial charge in [0.1, 0.15) is 0 Å². The zero-order valence-corrected chi connectivity index (χ0v) is 18.1. The molecule has 2 aromatic carbocycles. The Hall–Kier alpha value is -2.96. The molecule has 0 fully saturated rings. The van der Waals surface area contributed by atoms with E-state index in [-0.39, 0.29) is 24.5 Å². The van der Waals surface area contributed by atoms with Crippen LogP contribution in [0.25, 0.3) is 0 Å². The molecule has 0 radical (unpaired) electrons. The van der Waals surface area contributed by atoms with Crippen molar-refractivity contribution in [3.05, 3.63) is 80.6 Å². The summed E-state index contributed by atoms with van der Waals surface area (Å²) in [4.78, 5) is 14.8. The van der Waals surface area contributed by atoms with Crippen molar-refractivity contribution < 1.29 is 14.3 Å². The van der Waals surface area contributed by atoms with E-state index in [2.05, 4.69) is 22.1 Å². The number of anilines is 2. The molecule has 2 aliphatic heterocycles. The number of hydrogen-bond donors (Lipinski definition) is 2. The molecule has 156 valence electrons. The molecule has 0 unspecified atom stereocenters. The van der Waals surface area contributed by atoms with Crippen LogP contribution in [0, 0.1) is 0 Å². The molecular weight excluding hydrogens is 432 g/mol. The molecule has 3 aliphatic rings. The lowest BCUT2D eigenvalue weighted by atomic mass is 9.80. The van der Waals surface area contributed by atoms with E-state index in [1.54, 1.807) is 17.4 Å². The van der Waals surface area contributed by atoms with Crippen LogP contribution in [-0.2, 0) is 4.79 Å². The van der Waals surface area contributed by atoms with Crippen molar-refractivity contribution in [3.8, 4) is 11.5 Å². The predicted octanol–water partition coefficient (Wildman–Crippen LogP) is 6.11. The van der Waals surface area contributed by atoms with Gasteiger partial charge in [-0.2, -0.15) is 0 Å². The summed E-state index contributed by atoms with van der Waals surface area (Å²) in [5.74, 6) is 1.58. The number of halogens is 1. The maximum atomic E-state index is 13.5. The maximum Gasteiger partial charge on any atom is 0.231 e. The Bertz CT molecular complexity index is 1220. The second-order valence-corrected chi connectivity index (χ2v) is 9.30. The summed E-state index contributed by atoms with van der Waals surface area (Å²) in [5, 5.41) is 9.73. The van der Waals surface area contributed by atoms with Crippen LogP contribution in [0.15, 0.2) is 65.2 Å². The number of nitrogens with one attached hydrogen (secondary N) is 2. The number of thiophene rings is 1. The molecule has 0 bridgehead atoms. The zero-order chi connectivity index (χ0) is 20.9. The van der Waals surface area contributed by atoms with Crippen molar-refractivity contribution in [3.63, 3.8) is 0 Å². The van der Waals surface area contributed by atoms with Crippen LogP contribution in [0.4, 0.5) is 11.4 Å². The molecule has 2 N–H and O–H groups in total. The Kier molecular flexibility index (Phi) is 4.44. The number of Topliss-reactive ketones (excluding diaryl/α,β-unsaturated/α-hetero) is 1. The molecule has 0 spiro atoms. The molecule has 6 rings (SSSR count). The molecular formula is C24H19ClN2O3S. The average Bonchev–Trinajstić information content (AvgIpc) is 3.42. The molecule has 5 nitrogen and oxygen atoms in total. The molecule has 1 aliphatic carbocycles. The van der Waals surface area contributed by atoms with Crippen LogP contribution in [-0.4, -0.2) is 12.6 Å². The van der Waals surface area contributed by atoms with Gasteiger partial charge in [0.15, 0.2) is 17.3 Å². The second-order valence-electron chi connectivity index (χ2n) is 7.91. The van der Waals surface area contributed by atoms with E-state index < -0.39 is 0 Å². The molecule has 7 heteroatoms. The number of ketones is 1. The van der Waals surface area contributed by atoms with E-state index >= 15 is 0 Å². The number of allylic oxidation sites excluding steroid dienone is 1. The SMILES string of the molecule is O=C1C[C@@H](c2cccs2)CC2=C1[C@H](c1cc3c(cc1Cl)OCO3)Nc1ccccc1N2. The monoisotopic (exact) mass is 450 g/mol. The van der Waals surface area contributed by atoms with E-state index in [4.69, 9.17) is 21.1 Å². The third-order valence-corrected chi connectivity index (χ3v) is 7.42. The first-order valence-electron chi connectivity index (χ1n) is 10.2. The Morgan fingerprint density at radius 2 is 1.81 bits per heavy atom. The second kappa shape index (κ2) is 7.32. The molecule has 0 amide bonds. The predicted molar refractivity (Wildman–Crippen MR) is 122 cm³/mol. The van der Waals surface area contributed by atoms with Gasteiger partial charge in [0.2, 0.25) is 6.79 Å². The van der Waals surface area contributed by atoms with Crippen LogP contribution in [0.1, 0.15) is 35.2 Å². The highest BCUT2D eigenvalue weighted by Crippen LogP contribution is 2.48. The minimum atomic E-state index is -0.384. The van der Waals surface area contributed by atoms with Crippen molar-refractivity contribution in [1.29, 1.82) is 0 Å². The van der Waals surface area contributed by atoms with Crippen molar-refractivity contribution in [1.82, 2.24) is 0 Å². The summed E-state index contributed by atoms with van der Waals surface area (Å²) >= 11 is 8.39. The Morgan fingerprint density at radius 3 is 2.61 bits per heavy atom. The summed E-state index contributed by atoms with van der Waals surface area (Å²) in [5.41, 5.74) is 4.38. The van der Waals surface area contributed by atoms with E-state index in [1.807, 2.05) is 36.4 Å². The third-order valence-electron chi connectivity index (χ3n) is 6.06. The van der Waals surface area contributed by atoms with Crippen LogP contribution in [0.3, 0.4) is 0 Å². The van der Waals surface area contributed by atoms with Crippen LogP contribution >= 0.6 is 22.9 Å². The van der Waals surface area contributed by atoms with Gasteiger partial charge in [0.05, 0.1) is 22.4 Å². The van der Waals surface area contributed by atoms with Crippen molar-refractivity contribution in [2.75, 3.05) is 17.4 Å². The van der Waals surface area contributed by atoms with E-state index in [1.165, 1.54) is 4.88 Å². The standard InChI is InChI=1S/C24H19ClN2O3S/c25-15-11-21-20(29-12-30-21)10-14(15)24-23-18(26-16-4-1-2-5-17(16)27-24)8-13(9-19(23)28)22-6-3-7-31-22/h1-7,10-11,13,24,26-27H,8-9,12H2/t13-,24-/m0/s1. The topological polar surface area (TPSA) is 59.6 Å². The largest absolute Gasteiger partial charge is 0.454 e. The minimum Gasteiger partial charge on any atom is -0.454 e. The van der Waals surface area contributed by atoms with Gasteiger partial charge in [-0.3, -0.25) is 4.79 Å². The van der Waals surface area contributed by atoms with Crippen LogP contribution < -0.4 is 20.1 Å². The Morgan fingerprint density at radius 1 is 1.00 bits per heavy atom. The number of fused-ring (bicyclic) bond motifs is 2. The smallest absolute Gasteiger partial charge is 0.231 e. The first-order valence-corrected chi connectivity index (χ1v) is 11.4. The highest BCUT2D eigenvalue weighted by atomic mass is 35.5. The highest BCUT2D eigenvalue weighted by Gasteiger charge is 2.37. The van der Waals surface area contributed by atoms with Crippen molar-refractivity contribution >= 4 is 40.1 Å². The minimum absolute atomic E-state index is 0.131. The van der Waals surface area contributed by atoms with Gasteiger partial charge >= 0.3 is 0 Å². The average molecular weight is 451 g/mol. The summed E-state index contributed by atoms with van der Waals surface area (Å²) < 4.78 is 11.1. The first kappa shape index (κ1) is 18.8. The number of hydrogen-bond acceptors (Lipinski definition) is 6. The summed E-state index contributed by atoms with van der Waals surface area (Å²) in [6.07, 6.45) is 1.26. The summed E-state index contributed by atoms with van der Waals surface area (Å²) in [6, 6.07) is 15.4. The van der Waals surface area contributed by atoms with Gasteiger partial charge in [0.25, 0.3) is 0 Å². The number of rotatable bonds is 2. The number of ether oxygens (including phenoxy) is 2. The molecule has 2 atom stereocenters. The summed E-state index contributed by atoms with van der Waals surface area (Å²) in [6.45, 7) is 0.174. The van der Waals surface area contributed by atoms with Crippen molar-refractivity contribution in [2.45, 2.75) is 24.8 Å². The fourth-order valence-electron chi connectivity index (χ4n) is 4.60. The van der Waals surface area contributed by atoms with Crippen LogP contribution in [0.5, 0.6) is 11.5 Å². The van der Waals surface area contributed by atoms with Gasteiger partial charge in [0, 0.05) is 40.1 Å². The van der Waals surface area contributed by atoms with Crippen LogP contribution in [0.2, 0.25) is 5.02 Å². The molecule has 3 heterocycles. The third kappa shape index (κ3) is 3.18. The van der Waals surface area contributed by atoms with Gasteiger partial charge in [-0.05, 0) is 36.1 Å². The molecule has 1 aromatic heterocycles. The maximum absolute atomic E-state index is 13.5. The number of carbonyl (C=O) groups excluding carboxylic acids is 1. The van der Waals surface area contributed by atoms with Gasteiger partial charge in [-0.1, -0.05) is 29.8 Å². The number of carbonyl (C=O) groups is 1. The Balaban J connectivity index is 1.50. The lowest BCUT2D eigenvalue weighted by Gasteiger charge is -2.29. The van der Waals surface area contributed by atoms with Gasteiger partial charge in [-0.15, -0.1) is 11.3 Å². The quantitative estimate of drug-likeness (QED) is 0.493. The van der Waals surface area contributed by atoms with E-state index in [0.717, 1.165) is 34.6 Å². The van der Waals surface area contributed by atoms with E-state index in [0.29, 0.717) is 22.9 Å².